The van der Waals surface area contributed by atoms with Gasteiger partial charge in [0.15, 0.2) is 0 Å². The smallest absolute Gasteiger partial charge is 0.274 e. The van der Waals surface area contributed by atoms with Crippen LogP contribution in [0.3, 0.4) is 0 Å². The molecule has 1 fully saturated rings. The van der Waals surface area contributed by atoms with Crippen LogP contribution in [0.25, 0.3) is 0 Å². The minimum absolute atomic E-state index is 0.0660. The minimum atomic E-state index is -0.157. The number of carbonyl (C=O) groups excluding carboxylic acids is 2. The van der Waals surface area contributed by atoms with Gasteiger partial charge in [-0.05, 0) is 24.1 Å². The Morgan fingerprint density at radius 2 is 1.77 bits per heavy atom. The van der Waals surface area contributed by atoms with Gasteiger partial charge in [-0.25, -0.2) is 4.98 Å². The molecule has 1 aromatic carbocycles. The second-order valence-electron chi connectivity index (χ2n) is 6.06. The summed E-state index contributed by atoms with van der Waals surface area (Å²) >= 11 is 0. The molecule has 3 rings (SSSR count). The van der Waals surface area contributed by atoms with Gasteiger partial charge in [0.2, 0.25) is 0 Å². The SMILES string of the molecule is CCc1ccc(OC)c(C(=O)N2CCN(C(=O)c3cnccn3)CC2)c1. The lowest BCUT2D eigenvalue weighted by molar-refractivity contribution is 0.0530. The normalized spacial score (nSPS) is 14.2. The molecule has 7 heteroatoms. The van der Waals surface area contributed by atoms with Gasteiger partial charge in [0.25, 0.3) is 11.8 Å². The molecule has 0 spiro atoms. The molecule has 26 heavy (non-hydrogen) atoms. The van der Waals surface area contributed by atoms with Gasteiger partial charge >= 0.3 is 0 Å². The largest absolute Gasteiger partial charge is 0.496 e. The van der Waals surface area contributed by atoms with E-state index in [-0.39, 0.29) is 11.8 Å². The highest BCUT2D eigenvalue weighted by atomic mass is 16.5. The Labute approximate surface area is 152 Å². The van der Waals surface area contributed by atoms with Gasteiger partial charge in [0, 0.05) is 38.6 Å². The first-order chi connectivity index (χ1) is 12.6. The van der Waals surface area contributed by atoms with Crippen LogP contribution in [0.15, 0.2) is 36.8 Å². The van der Waals surface area contributed by atoms with E-state index < -0.39 is 0 Å². The van der Waals surface area contributed by atoms with E-state index in [0.717, 1.165) is 12.0 Å². The van der Waals surface area contributed by atoms with Crippen molar-refractivity contribution in [3.63, 3.8) is 0 Å². The van der Waals surface area contributed by atoms with Crippen molar-refractivity contribution in [2.75, 3.05) is 33.3 Å². The summed E-state index contributed by atoms with van der Waals surface area (Å²) in [5, 5.41) is 0. The Balaban J connectivity index is 1.68. The summed E-state index contributed by atoms with van der Waals surface area (Å²) in [5.41, 5.74) is 1.98. The third kappa shape index (κ3) is 3.66. The summed E-state index contributed by atoms with van der Waals surface area (Å²) in [6, 6.07) is 5.69. The number of aryl methyl sites for hydroxylation is 1. The van der Waals surface area contributed by atoms with Crippen molar-refractivity contribution >= 4 is 11.8 Å². The van der Waals surface area contributed by atoms with Crippen LogP contribution in [0, 0.1) is 0 Å². The number of rotatable bonds is 4. The predicted molar refractivity (Wildman–Crippen MR) is 96.2 cm³/mol. The van der Waals surface area contributed by atoms with Crippen molar-refractivity contribution in [2.24, 2.45) is 0 Å². The standard InChI is InChI=1S/C19H22N4O3/c1-3-14-4-5-17(26-2)15(12-14)18(24)22-8-10-23(11-9-22)19(25)16-13-20-6-7-21-16/h4-7,12-13H,3,8-11H2,1-2H3. The van der Waals surface area contributed by atoms with E-state index >= 15 is 0 Å². The lowest BCUT2D eigenvalue weighted by Crippen LogP contribution is -2.50. The number of benzene rings is 1. The van der Waals surface area contributed by atoms with Crippen molar-refractivity contribution in [3.8, 4) is 5.75 Å². The Bertz CT molecular complexity index is 787. The van der Waals surface area contributed by atoms with Crippen molar-refractivity contribution in [3.05, 3.63) is 53.6 Å². The molecular formula is C19H22N4O3. The van der Waals surface area contributed by atoms with Crippen LogP contribution >= 0.6 is 0 Å². The lowest BCUT2D eigenvalue weighted by Gasteiger charge is -2.34. The number of hydrogen-bond acceptors (Lipinski definition) is 5. The van der Waals surface area contributed by atoms with Crippen LogP contribution in [0.5, 0.6) is 5.75 Å². The molecular weight excluding hydrogens is 332 g/mol. The van der Waals surface area contributed by atoms with Crippen LogP contribution in [0.1, 0.15) is 33.3 Å². The Morgan fingerprint density at radius 1 is 1.08 bits per heavy atom. The molecule has 7 nitrogen and oxygen atoms in total. The molecule has 0 unspecified atom stereocenters. The van der Waals surface area contributed by atoms with Crippen LogP contribution in [-0.2, 0) is 6.42 Å². The van der Waals surface area contributed by atoms with Crippen molar-refractivity contribution < 1.29 is 14.3 Å². The molecule has 136 valence electrons. The molecule has 2 aromatic rings. The number of methoxy groups -OCH3 is 1. The van der Waals surface area contributed by atoms with Gasteiger partial charge in [0.05, 0.1) is 18.9 Å². The maximum atomic E-state index is 12.9. The van der Waals surface area contributed by atoms with Gasteiger partial charge in [-0.15, -0.1) is 0 Å². The zero-order valence-electron chi connectivity index (χ0n) is 15.0. The zero-order valence-corrected chi connectivity index (χ0v) is 15.0. The van der Waals surface area contributed by atoms with Gasteiger partial charge < -0.3 is 14.5 Å². The third-order valence-electron chi connectivity index (χ3n) is 4.54. The molecule has 1 saturated heterocycles. The highest BCUT2D eigenvalue weighted by Gasteiger charge is 2.27. The molecule has 2 heterocycles. The quantitative estimate of drug-likeness (QED) is 0.834. The zero-order chi connectivity index (χ0) is 18.5. The molecule has 2 amide bonds. The lowest BCUT2D eigenvalue weighted by atomic mass is 10.1. The number of aromatic nitrogens is 2. The minimum Gasteiger partial charge on any atom is -0.496 e. The maximum absolute atomic E-state index is 12.9. The van der Waals surface area contributed by atoms with E-state index in [0.29, 0.717) is 43.2 Å². The molecule has 1 aliphatic heterocycles. The van der Waals surface area contributed by atoms with Crippen LogP contribution in [0.4, 0.5) is 0 Å². The summed E-state index contributed by atoms with van der Waals surface area (Å²) in [7, 11) is 1.56. The first kappa shape index (κ1) is 17.8. The molecule has 0 saturated carbocycles. The summed E-state index contributed by atoms with van der Waals surface area (Å²) in [6.07, 6.45) is 5.34. The molecule has 0 aliphatic carbocycles. The van der Waals surface area contributed by atoms with Crippen molar-refractivity contribution in [2.45, 2.75) is 13.3 Å². The van der Waals surface area contributed by atoms with E-state index in [4.69, 9.17) is 4.74 Å². The summed E-state index contributed by atoms with van der Waals surface area (Å²) in [6.45, 7) is 3.94. The van der Waals surface area contributed by atoms with Gasteiger partial charge in [0.1, 0.15) is 11.4 Å². The molecule has 0 bridgehead atoms. The molecule has 0 N–H and O–H groups in total. The number of hydrogen-bond donors (Lipinski definition) is 0. The Hall–Kier alpha value is -2.96. The van der Waals surface area contributed by atoms with Gasteiger partial charge in [-0.1, -0.05) is 13.0 Å². The first-order valence-corrected chi connectivity index (χ1v) is 8.65. The summed E-state index contributed by atoms with van der Waals surface area (Å²) in [5.74, 6) is 0.352. The second-order valence-corrected chi connectivity index (χ2v) is 6.06. The second kappa shape index (κ2) is 7.95. The number of nitrogens with zero attached hydrogens (tertiary/aromatic N) is 4. The highest BCUT2D eigenvalue weighted by molar-refractivity contribution is 5.97. The molecule has 1 aromatic heterocycles. The first-order valence-electron chi connectivity index (χ1n) is 8.65. The highest BCUT2D eigenvalue weighted by Crippen LogP contribution is 2.23. The Morgan fingerprint density at radius 3 is 2.35 bits per heavy atom. The van der Waals surface area contributed by atoms with Gasteiger partial charge in [-0.2, -0.15) is 0 Å². The fourth-order valence-electron chi connectivity index (χ4n) is 3.00. The average molecular weight is 354 g/mol. The predicted octanol–water partition coefficient (Wildman–Crippen LogP) is 1.65. The summed E-state index contributed by atoms with van der Waals surface area (Å²) in [4.78, 5) is 36.8. The van der Waals surface area contributed by atoms with E-state index in [9.17, 15) is 9.59 Å². The number of piperazine rings is 1. The molecule has 1 aliphatic rings. The Kier molecular flexibility index (Phi) is 5.46. The number of carbonyl (C=O) groups is 2. The molecule has 0 radical (unpaired) electrons. The topological polar surface area (TPSA) is 75.6 Å². The summed E-state index contributed by atoms with van der Waals surface area (Å²) < 4.78 is 5.35. The van der Waals surface area contributed by atoms with Crippen LogP contribution in [-0.4, -0.2) is 64.9 Å². The monoisotopic (exact) mass is 354 g/mol. The van der Waals surface area contributed by atoms with Crippen molar-refractivity contribution in [1.29, 1.82) is 0 Å². The van der Waals surface area contributed by atoms with E-state index in [1.54, 1.807) is 16.9 Å². The van der Waals surface area contributed by atoms with Crippen LogP contribution in [0.2, 0.25) is 0 Å². The maximum Gasteiger partial charge on any atom is 0.274 e. The van der Waals surface area contributed by atoms with Crippen molar-refractivity contribution in [1.82, 2.24) is 19.8 Å². The number of amides is 2. The fourth-order valence-corrected chi connectivity index (χ4v) is 3.00. The van der Waals surface area contributed by atoms with Crippen LogP contribution < -0.4 is 4.74 Å². The third-order valence-corrected chi connectivity index (χ3v) is 4.54. The average Bonchev–Trinajstić information content (AvgIpc) is 2.73. The van der Waals surface area contributed by atoms with E-state index in [1.165, 1.54) is 18.6 Å². The molecule has 0 atom stereocenters. The van der Waals surface area contributed by atoms with E-state index in [1.807, 2.05) is 25.1 Å². The fraction of sp³-hybridized carbons (Fsp3) is 0.368. The van der Waals surface area contributed by atoms with E-state index in [2.05, 4.69) is 9.97 Å². The number of ether oxygens (including phenoxy) is 1. The van der Waals surface area contributed by atoms with Gasteiger partial charge in [-0.3, -0.25) is 14.6 Å².